The highest BCUT2D eigenvalue weighted by atomic mass is 16.4. The van der Waals surface area contributed by atoms with Gasteiger partial charge in [0, 0.05) is 26.2 Å². The maximum absolute atomic E-state index is 14.2. The van der Waals surface area contributed by atoms with Gasteiger partial charge in [0.15, 0.2) is 11.9 Å². The highest BCUT2D eigenvalue weighted by Crippen LogP contribution is 2.22. The number of aliphatic carboxylic acids is 1. The zero-order chi connectivity index (χ0) is 46.0. The molecular weight excluding hydrogens is 802 g/mol. The van der Waals surface area contributed by atoms with E-state index in [1.165, 1.54) is 37.5 Å². The van der Waals surface area contributed by atoms with Gasteiger partial charge in [-0.05, 0) is 79.1 Å². The number of carbonyl (C=O) groups excluding carboxylic acids is 8. The molecule has 2 saturated heterocycles. The number of nitrogens with two attached hydrogens (primary N) is 5. The first kappa shape index (κ1) is 50.9. The molecule has 0 aromatic heterocycles. The highest BCUT2D eigenvalue weighted by Gasteiger charge is 2.41. The molecule has 2 fully saturated rings. The summed E-state index contributed by atoms with van der Waals surface area (Å²) in [7, 11) is 0. The van der Waals surface area contributed by atoms with Crippen LogP contribution in [0.15, 0.2) is 9.98 Å². The van der Waals surface area contributed by atoms with Crippen molar-refractivity contribution in [1.29, 1.82) is 0 Å². The molecule has 0 aromatic carbocycles. The highest BCUT2D eigenvalue weighted by molar-refractivity contribution is 5.98. The third kappa shape index (κ3) is 16.7. The minimum absolute atomic E-state index is 0.00747. The number of aliphatic imine (C=N–C) groups is 2. The van der Waals surface area contributed by atoms with Crippen LogP contribution in [0.5, 0.6) is 0 Å². The van der Waals surface area contributed by atoms with Crippen molar-refractivity contribution < 1.29 is 48.3 Å². The fourth-order valence-corrected chi connectivity index (χ4v) is 6.62. The van der Waals surface area contributed by atoms with E-state index in [1.807, 2.05) is 0 Å². The van der Waals surface area contributed by atoms with E-state index in [4.69, 9.17) is 33.8 Å². The molecule has 0 bridgehead atoms. The van der Waals surface area contributed by atoms with Crippen molar-refractivity contribution in [2.24, 2.45) is 38.7 Å². The van der Waals surface area contributed by atoms with Crippen LogP contribution in [0.2, 0.25) is 0 Å². The Morgan fingerprint density at radius 3 is 1.57 bits per heavy atom. The molecule has 0 unspecified atom stereocenters. The number of hydrogen-bond donors (Lipinski definition) is 12. The largest absolute Gasteiger partial charge is 0.480 e. The molecule has 0 aliphatic carbocycles. The van der Waals surface area contributed by atoms with E-state index in [2.05, 4.69) is 41.9 Å². The Hall–Kier alpha value is -6.27. The van der Waals surface area contributed by atoms with Crippen LogP contribution in [0.1, 0.15) is 79.1 Å². The standard InChI is InChI=1S/C36H63N15O10/c1-18(37)27(54)45-19(2)28(55)46-20(3)29(56)48-22(9-5-13-42-35(38)39)30(57)49-23(10-6-14-43-36(40)41)34(61)51-16-8-12-25(51)32(59)47-21(4)33(60)50-15-7-11-24(50)31(58)44-17-26(52)53/h18-25H,5-17,37H2,1-4H3,(H,44,58)(H,45,54)(H,46,55)(H,47,59)(H,48,56)(H,49,57)(H,52,53)(H4,38,39,42)(H4,40,41,43)/t18-,19-,20-,21-,22-,23-,24-,25-/m0/s1. The predicted octanol–water partition coefficient (Wildman–Crippen LogP) is -5.89. The third-order valence-corrected chi connectivity index (χ3v) is 9.88. The normalized spacial score (nSPS) is 18.8. The second kappa shape index (κ2) is 24.7. The summed E-state index contributed by atoms with van der Waals surface area (Å²) in [6, 6.07) is -8.68. The second-order valence-electron chi connectivity index (χ2n) is 15.0. The zero-order valence-electron chi connectivity index (χ0n) is 35.1. The van der Waals surface area contributed by atoms with Crippen LogP contribution in [-0.4, -0.2) is 161 Å². The molecule has 25 heteroatoms. The first-order valence-corrected chi connectivity index (χ1v) is 20.1. The summed E-state index contributed by atoms with van der Waals surface area (Å²) in [5.41, 5.74) is 27.4. The SMILES string of the molecule is C[C@H](N)C(=O)N[C@@H](C)C(=O)N[C@@H](C)C(=O)N[C@@H](CCCN=C(N)N)C(=O)N[C@@H](CCCN=C(N)N)C(=O)N1CCC[C@H]1C(=O)N[C@@H](C)C(=O)N1CCC[C@H]1C(=O)NCC(=O)O. The first-order chi connectivity index (χ1) is 28.6. The van der Waals surface area contributed by atoms with Gasteiger partial charge < -0.3 is 75.5 Å². The summed E-state index contributed by atoms with van der Waals surface area (Å²) in [4.78, 5) is 127. The van der Waals surface area contributed by atoms with Crippen molar-refractivity contribution in [2.45, 2.75) is 127 Å². The van der Waals surface area contributed by atoms with Crippen LogP contribution in [0.25, 0.3) is 0 Å². The number of nitrogens with one attached hydrogen (secondary N) is 6. The van der Waals surface area contributed by atoms with Crippen molar-refractivity contribution in [3.8, 4) is 0 Å². The molecule has 8 amide bonds. The first-order valence-electron chi connectivity index (χ1n) is 20.1. The molecule has 8 atom stereocenters. The Kier molecular flexibility index (Phi) is 20.6. The molecule has 0 spiro atoms. The topological polar surface area (TPSA) is 407 Å². The van der Waals surface area contributed by atoms with E-state index in [0.29, 0.717) is 19.3 Å². The van der Waals surface area contributed by atoms with Gasteiger partial charge in [-0.3, -0.25) is 53.1 Å². The van der Waals surface area contributed by atoms with Crippen molar-refractivity contribution in [1.82, 2.24) is 41.7 Å². The van der Waals surface area contributed by atoms with Crippen LogP contribution in [0.3, 0.4) is 0 Å². The lowest BCUT2D eigenvalue weighted by atomic mass is 10.1. The summed E-state index contributed by atoms with van der Waals surface area (Å²) in [5, 5.41) is 24.0. The summed E-state index contributed by atoms with van der Waals surface area (Å²) in [6.45, 7) is 5.57. The summed E-state index contributed by atoms with van der Waals surface area (Å²) >= 11 is 0. The predicted molar refractivity (Wildman–Crippen MR) is 220 cm³/mol. The number of guanidine groups is 2. The van der Waals surface area contributed by atoms with E-state index in [-0.39, 0.29) is 70.2 Å². The molecule has 2 rings (SSSR count). The van der Waals surface area contributed by atoms with Gasteiger partial charge in [0.25, 0.3) is 0 Å². The van der Waals surface area contributed by atoms with E-state index >= 15 is 0 Å². The molecule has 0 radical (unpaired) electrons. The minimum Gasteiger partial charge on any atom is -0.480 e. The van der Waals surface area contributed by atoms with Gasteiger partial charge in [-0.25, -0.2) is 0 Å². The number of likely N-dealkylation sites (tertiary alicyclic amines) is 2. The number of amides is 8. The number of rotatable bonds is 23. The number of hydrogen-bond acceptors (Lipinski definition) is 12. The van der Waals surface area contributed by atoms with Crippen molar-refractivity contribution in [2.75, 3.05) is 32.7 Å². The molecule has 342 valence electrons. The van der Waals surface area contributed by atoms with Crippen LogP contribution >= 0.6 is 0 Å². The fourth-order valence-electron chi connectivity index (χ4n) is 6.62. The molecule has 25 nitrogen and oxygen atoms in total. The minimum atomic E-state index is -1.27. The lowest BCUT2D eigenvalue weighted by molar-refractivity contribution is -0.144. The van der Waals surface area contributed by atoms with Crippen LogP contribution in [-0.2, 0) is 43.2 Å². The Bertz CT molecular complexity index is 1670. The van der Waals surface area contributed by atoms with E-state index in [1.54, 1.807) is 0 Å². The Morgan fingerprint density at radius 2 is 1.07 bits per heavy atom. The molecule has 2 aliphatic heterocycles. The maximum atomic E-state index is 14.2. The monoisotopic (exact) mass is 865 g/mol. The zero-order valence-corrected chi connectivity index (χ0v) is 35.1. The van der Waals surface area contributed by atoms with Crippen LogP contribution in [0.4, 0.5) is 0 Å². The van der Waals surface area contributed by atoms with E-state index in [0.717, 1.165) is 0 Å². The molecule has 0 aromatic rings. The van der Waals surface area contributed by atoms with Gasteiger partial charge in [-0.1, -0.05) is 0 Å². The third-order valence-electron chi connectivity index (χ3n) is 9.88. The second-order valence-corrected chi connectivity index (χ2v) is 15.0. The summed E-state index contributed by atoms with van der Waals surface area (Å²) in [5.74, 6) is -6.91. The smallest absolute Gasteiger partial charge is 0.322 e. The lowest BCUT2D eigenvalue weighted by Gasteiger charge is -2.31. The van der Waals surface area contributed by atoms with Crippen molar-refractivity contribution in [3.05, 3.63) is 0 Å². The van der Waals surface area contributed by atoms with E-state index in [9.17, 15) is 43.2 Å². The molecule has 2 aliphatic rings. The van der Waals surface area contributed by atoms with Gasteiger partial charge in [-0.2, -0.15) is 0 Å². The van der Waals surface area contributed by atoms with Gasteiger partial charge in [0.2, 0.25) is 47.3 Å². The molecule has 17 N–H and O–H groups in total. The lowest BCUT2D eigenvalue weighted by Crippen LogP contribution is -2.59. The van der Waals surface area contributed by atoms with Gasteiger partial charge in [0.1, 0.15) is 48.8 Å². The van der Waals surface area contributed by atoms with Gasteiger partial charge in [-0.15, -0.1) is 0 Å². The van der Waals surface area contributed by atoms with Gasteiger partial charge >= 0.3 is 5.97 Å². The Morgan fingerprint density at radius 1 is 0.607 bits per heavy atom. The van der Waals surface area contributed by atoms with Crippen LogP contribution in [0, 0.1) is 0 Å². The maximum Gasteiger partial charge on any atom is 0.322 e. The van der Waals surface area contributed by atoms with Crippen LogP contribution < -0.4 is 60.6 Å². The Balaban J connectivity index is 2.26. The molecular formula is C36H63N15O10. The van der Waals surface area contributed by atoms with Gasteiger partial charge in [0.05, 0.1) is 6.04 Å². The average molecular weight is 866 g/mol. The Labute approximate surface area is 353 Å². The molecule has 0 saturated carbocycles. The summed E-state index contributed by atoms with van der Waals surface area (Å²) < 4.78 is 0. The number of carboxylic acid groups (broad SMARTS) is 1. The average Bonchev–Trinajstić information content (AvgIpc) is 3.89. The van der Waals surface area contributed by atoms with Crippen molar-refractivity contribution >= 4 is 65.1 Å². The number of carboxylic acids is 1. The number of nitrogens with zero attached hydrogens (tertiary/aromatic N) is 4. The number of carbonyl (C=O) groups is 9. The summed E-state index contributed by atoms with van der Waals surface area (Å²) in [6.07, 6.45) is 1.87. The van der Waals surface area contributed by atoms with E-state index < -0.39 is 108 Å². The quantitative estimate of drug-likeness (QED) is 0.0259. The molecule has 2 heterocycles. The fraction of sp³-hybridized carbons (Fsp3) is 0.694. The molecule has 61 heavy (non-hydrogen) atoms. The van der Waals surface area contributed by atoms with Crippen molar-refractivity contribution in [3.63, 3.8) is 0 Å².